The number of thioether (sulfide) groups is 1. The molecular formula is C24H18N4OS. The second-order valence-electron chi connectivity index (χ2n) is 6.82. The number of hydrogen-bond donors (Lipinski definition) is 2. The van der Waals surface area contributed by atoms with Crippen LogP contribution in [-0.2, 0) is 5.75 Å². The minimum atomic E-state index is -0.167. The number of imidazole rings is 1. The molecule has 30 heavy (non-hydrogen) atoms. The molecule has 5 nitrogen and oxygen atoms in total. The summed E-state index contributed by atoms with van der Waals surface area (Å²) in [7, 11) is 0. The number of aromatic nitrogens is 4. The van der Waals surface area contributed by atoms with Crippen LogP contribution in [-0.4, -0.2) is 19.9 Å². The summed E-state index contributed by atoms with van der Waals surface area (Å²) in [6.45, 7) is 0. The van der Waals surface area contributed by atoms with Gasteiger partial charge in [-0.25, -0.2) is 9.97 Å². The molecule has 3 aromatic carbocycles. The van der Waals surface area contributed by atoms with E-state index in [0.29, 0.717) is 11.4 Å². The van der Waals surface area contributed by atoms with E-state index < -0.39 is 0 Å². The van der Waals surface area contributed by atoms with E-state index in [4.69, 9.17) is 4.98 Å². The van der Waals surface area contributed by atoms with Crippen LogP contribution in [0.3, 0.4) is 0 Å². The summed E-state index contributed by atoms with van der Waals surface area (Å²) < 4.78 is 0. The first-order valence-electron chi connectivity index (χ1n) is 9.59. The van der Waals surface area contributed by atoms with Crippen LogP contribution in [0.1, 0.15) is 5.69 Å². The van der Waals surface area contributed by atoms with Gasteiger partial charge in [0.15, 0.2) is 5.16 Å². The predicted octanol–water partition coefficient (Wildman–Crippen LogP) is 5.27. The first-order chi connectivity index (χ1) is 14.8. The Morgan fingerprint density at radius 1 is 0.733 bits per heavy atom. The molecule has 0 spiro atoms. The standard InChI is InChI=1S/C24H18N4OS/c29-23-20(25-18-13-7-8-14-19(18)26-23)15-30-24-27-21(16-9-3-1-4-10-16)22(28-24)17-11-5-2-6-12-17/h1-14H,15H2,(H,26,29)(H,27,28). The van der Waals surface area contributed by atoms with Crippen molar-refractivity contribution in [3.63, 3.8) is 0 Å². The minimum Gasteiger partial charge on any atom is -0.332 e. The van der Waals surface area contributed by atoms with Gasteiger partial charge in [-0.3, -0.25) is 4.79 Å². The Balaban J connectivity index is 1.49. The van der Waals surface area contributed by atoms with Crippen LogP contribution in [0.5, 0.6) is 0 Å². The van der Waals surface area contributed by atoms with Crippen molar-refractivity contribution in [3.8, 4) is 22.5 Å². The number of rotatable bonds is 5. The Morgan fingerprint density at radius 3 is 2.17 bits per heavy atom. The van der Waals surface area contributed by atoms with Gasteiger partial charge in [-0.2, -0.15) is 0 Å². The average molecular weight is 411 g/mol. The molecule has 5 aromatic rings. The van der Waals surface area contributed by atoms with Crippen LogP contribution < -0.4 is 5.56 Å². The normalized spacial score (nSPS) is 11.1. The highest BCUT2D eigenvalue weighted by Crippen LogP contribution is 2.33. The molecule has 2 N–H and O–H groups in total. The van der Waals surface area contributed by atoms with Crippen molar-refractivity contribution >= 4 is 22.8 Å². The van der Waals surface area contributed by atoms with E-state index in [2.05, 4.69) is 27.1 Å². The zero-order valence-corrected chi connectivity index (χ0v) is 16.8. The maximum absolute atomic E-state index is 12.4. The van der Waals surface area contributed by atoms with Crippen LogP contribution in [0.4, 0.5) is 0 Å². The number of nitrogens with one attached hydrogen (secondary N) is 2. The highest BCUT2D eigenvalue weighted by molar-refractivity contribution is 7.98. The fraction of sp³-hybridized carbons (Fsp3) is 0.0417. The van der Waals surface area contributed by atoms with E-state index in [-0.39, 0.29) is 5.56 Å². The van der Waals surface area contributed by atoms with E-state index >= 15 is 0 Å². The maximum atomic E-state index is 12.4. The molecule has 0 radical (unpaired) electrons. The Kier molecular flexibility index (Phi) is 4.91. The summed E-state index contributed by atoms with van der Waals surface area (Å²) >= 11 is 1.47. The topological polar surface area (TPSA) is 74.4 Å². The number of benzene rings is 3. The molecule has 146 valence electrons. The first-order valence-corrected chi connectivity index (χ1v) is 10.6. The van der Waals surface area contributed by atoms with E-state index in [1.807, 2.05) is 72.8 Å². The van der Waals surface area contributed by atoms with Gasteiger partial charge in [0.05, 0.1) is 22.4 Å². The lowest BCUT2D eigenvalue weighted by Crippen LogP contribution is -2.14. The van der Waals surface area contributed by atoms with Crippen LogP contribution in [0.2, 0.25) is 0 Å². The summed E-state index contributed by atoms with van der Waals surface area (Å²) in [6.07, 6.45) is 0. The number of nitrogens with zero attached hydrogens (tertiary/aromatic N) is 2. The van der Waals surface area contributed by atoms with Gasteiger partial charge in [-0.05, 0) is 12.1 Å². The number of fused-ring (bicyclic) bond motifs is 1. The summed E-state index contributed by atoms with van der Waals surface area (Å²) in [5.74, 6) is 0.427. The van der Waals surface area contributed by atoms with Gasteiger partial charge in [0.25, 0.3) is 5.56 Å². The Hall–Kier alpha value is -3.64. The number of H-pyrrole nitrogens is 2. The lowest BCUT2D eigenvalue weighted by atomic mass is 10.1. The van der Waals surface area contributed by atoms with E-state index in [1.165, 1.54) is 11.8 Å². The molecule has 6 heteroatoms. The highest BCUT2D eigenvalue weighted by Gasteiger charge is 2.15. The number of para-hydroxylation sites is 2. The summed E-state index contributed by atoms with van der Waals surface area (Å²) in [5.41, 5.74) is 5.80. The zero-order valence-electron chi connectivity index (χ0n) is 16.0. The second-order valence-corrected chi connectivity index (χ2v) is 7.78. The third kappa shape index (κ3) is 3.65. The Bertz CT molecular complexity index is 1300. The molecule has 5 rings (SSSR count). The smallest absolute Gasteiger partial charge is 0.271 e. The van der Waals surface area contributed by atoms with Gasteiger partial charge >= 0.3 is 0 Å². The van der Waals surface area contributed by atoms with Crippen LogP contribution in [0.15, 0.2) is 94.9 Å². The van der Waals surface area contributed by atoms with Gasteiger partial charge < -0.3 is 9.97 Å². The van der Waals surface area contributed by atoms with Gasteiger partial charge in [0, 0.05) is 16.9 Å². The molecular weight excluding hydrogens is 392 g/mol. The lowest BCUT2D eigenvalue weighted by Gasteiger charge is -2.02. The number of aromatic amines is 2. The zero-order chi connectivity index (χ0) is 20.3. The molecule has 0 amide bonds. The molecule has 0 bridgehead atoms. The van der Waals surface area contributed by atoms with E-state index in [0.717, 1.165) is 38.7 Å². The number of hydrogen-bond acceptors (Lipinski definition) is 4. The largest absolute Gasteiger partial charge is 0.332 e. The van der Waals surface area contributed by atoms with Crippen molar-refractivity contribution in [1.29, 1.82) is 0 Å². The van der Waals surface area contributed by atoms with Gasteiger partial charge in [0.1, 0.15) is 5.69 Å². The lowest BCUT2D eigenvalue weighted by molar-refractivity contribution is 1.05. The van der Waals surface area contributed by atoms with Crippen molar-refractivity contribution < 1.29 is 0 Å². The SMILES string of the molecule is O=c1[nH]c2ccccc2nc1CSc1nc(-c2ccccc2)c(-c2ccccc2)[nH]1. The third-order valence-corrected chi connectivity index (χ3v) is 5.69. The first kappa shape index (κ1) is 18.4. The van der Waals surface area contributed by atoms with Gasteiger partial charge in [-0.15, -0.1) is 0 Å². The summed E-state index contributed by atoms with van der Waals surface area (Å²) in [6, 6.07) is 27.8. The molecule has 0 aliphatic rings. The van der Waals surface area contributed by atoms with E-state index in [1.54, 1.807) is 0 Å². The van der Waals surface area contributed by atoms with Crippen molar-refractivity contribution in [1.82, 2.24) is 19.9 Å². The fourth-order valence-electron chi connectivity index (χ4n) is 3.34. The van der Waals surface area contributed by atoms with Crippen molar-refractivity contribution in [3.05, 3.63) is 101 Å². The molecule has 0 aliphatic heterocycles. The molecule has 0 fully saturated rings. The summed E-state index contributed by atoms with van der Waals surface area (Å²) in [5, 5.41) is 0.752. The maximum Gasteiger partial charge on any atom is 0.271 e. The third-order valence-electron chi connectivity index (χ3n) is 4.81. The molecule has 0 atom stereocenters. The quantitative estimate of drug-likeness (QED) is 0.387. The van der Waals surface area contributed by atoms with Crippen LogP contribution >= 0.6 is 11.8 Å². The van der Waals surface area contributed by atoms with Crippen molar-refractivity contribution in [2.45, 2.75) is 10.9 Å². The average Bonchev–Trinajstić information content (AvgIpc) is 3.23. The fourth-order valence-corrected chi connectivity index (χ4v) is 4.14. The summed E-state index contributed by atoms with van der Waals surface area (Å²) in [4.78, 5) is 28.1. The van der Waals surface area contributed by atoms with Crippen LogP contribution in [0, 0.1) is 0 Å². The van der Waals surface area contributed by atoms with E-state index in [9.17, 15) is 4.79 Å². The van der Waals surface area contributed by atoms with Gasteiger partial charge in [-0.1, -0.05) is 84.6 Å². The molecule has 2 aromatic heterocycles. The van der Waals surface area contributed by atoms with Crippen LogP contribution in [0.25, 0.3) is 33.5 Å². The monoisotopic (exact) mass is 410 g/mol. The van der Waals surface area contributed by atoms with Crippen molar-refractivity contribution in [2.75, 3.05) is 0 Å². The van der Waals surface area contributed by atoms with Gasteiger partial charge in [0.2, 0.25) is 0 Å². The molecule has 0 saturated heterocycles. The highest BCUT2D eigenvalue weighted by atomic mass is 32.2. The minimum absolute atomic E-state index is 0.167. The Morgan fingerprint density at radius 2 is 1.40 bits per heavy atom. The molecule has 0 aliphatic carbocycles. The molecule has 0 saturated carbocycles. The molecule has 2 heterocycles. The predicted molar refractivity (Wildman–Crippen MR) is 121 cm³/mol. The second kappa shape index (κ2) is 8.00. The van der Waals surface area contributed by atoms with Crippen molar-refractivity contribution in [2.24, 2.45) is 0 Å². The molecule has 0 unspecified atom stereocenters. The Labute approximate surface area is 177 Å².